The summed E-state index contributed by atoms with van der Waals surface area (Å²) in [5.41, 5.74) is 5.58. The van der Waals surface area contributed by atoms with Gasteiger partial charge in [-0.2, -0.15) is 13.2 Å². The van der Waals surface area contributed by atoms with Gasteiger partial charge in [0, 0.05) is 25.3 Å². The van der Waals surface area contributed by atoms with Crippen LogP contribution in [0, 0.1) is 0 Å². The topological polar surface area (TPSA) is 41.3 Å². The molecule has 0 saturated carbocycles. The van der Waals surface area contributed by atoms with Crippen LogP contribution in [-0.2, 0) is 12.7 Å². The van der Waals surface area contributed by atoms with Crippen LogP contribution in [0.15, 0.2) is 18.2 Å². The molecule has 1 saturated heterocycles. The second-order valence-corrected chi connectivity index (χ2v) is 5.54. The molecule has 21 heavy (non-hydrogen) atoms. The Labute approximate surface area is 123 Å². The van der Waals surface area contributed by atoms with Crippen molar-refractivity contribution in [3.05, 3.63) is 29.3 Å². The Bertz CT molecular complexity index is 454. The van der Waals surface area contributed by atoms with Gasteiger partial charge in [-0.1, -0.05) is 6.42 Å². The van der Waals surface area contributed by atoms with Crippen molar-refractivity contribution in [3.8, 4) is 0 Å². The van der Waals surface area contributed by atoms with E-state index < -0.39 is 11.7 Å². The predicted molar refractivity (Wildman–Crippen MR) is 77.9 cm³/mol. The van der Waals surface area contributed by atoms with E-state index in [-0.39, 0.29) is 5.69 Å². The van der Waals surface area contributed by atoms with Gasteiger partial charge in [-0.3, -0.25) is 0 Å². The summed E-state index contributed by atoms with van der Waals surface area (Å²) in [4.78, 5) is 2.39. The molecule has 118 valence electrons. The van der Waals surface area contributed by atoms with E-state index in [0.717, 1.165) is 38.3 Å². The quantitative estimate of drug-likeness (QED) is 0.649. The third-order valence-corrected chi connectivity index (χ3v) is 3.73. The van der Waals surface area contributed by atoms with Crippen LogP contribution in [0.25, 0.3) is 0 Å². The van der Waals surface area contributed by atoms with Crippen molar-refractivity contribution in [1.29, 1.82) is 0 Å². The number of alkyl halides is 3. The first kappa shape index (κ1) is 16.1. The minimum Gasteiger partial charge on any atom is -0.399 e. The van der Waals surface area contributed by atoms with Gasteiger partial charge in [0.05, 0.1) is 5.56 Å². The molecule has 1 aliphatic rings. The lowest BCUT2D eigenvalue weighted by molar-refractivity contribution is -0.137. The van der Waals surface area contributed by atoms with Crippen LogP contribution in [0.5, 0.6) is 0 Å². The fourth-order valence-electron chi connectivity index (χ4n) is 2.64. The number of benzene rings is 1. The number of hydrogen-bond acceptors (Lipinski definition) is 3. The van der Waals surface area contributed by atoms with E-state index in [1.807, 2.05) is 0 Å². The van der Waals surface area contributed by atoms with E-state index >= 15 is 0 Å². The number of anilines is 1. The zero-order valence-corrected chi connectivity index (χ0v) is 12.0. The third-order valence-electron chi connectivity index (χ3n) is 3.73. The van der Waals surface area contributed by atoms with Gasteiger partial charge in [0.25, 0.3) is 0 Å². The van der Waals surface area contributed by atoms with Crippen molar-refractivity contribution < 1.29 is 13.2 Å². The predicted octanol–water partition coefficient (Wildman–Crippen LogP) is 2.86. The van der Waals surface area contributed by atoms with E-state index in [1.165, 1.54) is 19.3 Å². The van der Waals surface area contributed by atoms with Crippen molar-refractivity contribution in [2.75, 3.05) is 31.9 Å². The van der Waals surface area contributed by atoms with Gasteiger partial charge in [-0.15, -0.1) is 0 Å². The van der Waals surface area contributed by atoms with Gasteiger partial charge in [0.1, 0.15) is 0 Å². The minimum absolute atomic E-state index is 0.151. The number of hydrogen-bond donors (Lipinski definition) is 2. The highest BCUT2D eigenvalue weighted by Gasteiger charge is 2.30. The van der Waals surface area contributed by atoms with Crippen molar-refractivity contribution in [2.24, 2.45) is 0 Å². The second-order valence-electron chi connectivity index (χ2n) is 5.54. The molecule has 3 nitrogen and oxygen atoms in total. The average molecular weight is 301 g/mol. The molecular formula is C15H22F3N3. The molecule has 1 fully saturated rings. The summed E-state index contributed by atoms with van der Waals surface area (Å²) in [6.07, 6.45) is -0.570. The number of nitrogen functional groups attached to an aromatic ring is 1. The third kappa shape index (κ3) is 5.21. The number of nitrogens with zero attached hydrogens (tertiary/aromatic N) is 1. The van der Waals surface area contributed by atoms with Crippen LogP contribution >= 0.6 is 0 Å². The van der Waals surface area contributed by atoms with Gasteiger partial charge >= 0.3 is 6.18 Å². The molecule has 1 aliphatic heterocycles. The van der Waals surface area contributed by atoms with Crippen molar-refractivity contribution >= 4 is 5.69 Å². The van der Waals surface area contributed by atoms with Crippen LogP contribution in [0.2, 0.25) is 0 Å². The summed E-state index contributed by atoms with van der Waals surface area (Å²) < 4.78 is 38.1. The lowest BCUT2D eigenvalue weighted by atomic mass is 10.1. The van der Waals surface area contributed by atoms with Gasteiger partial charge in [-0.25, -0.2) is 0 Å². The SMILES string of the molecule is Nc1cc(CNCCN2CCCCC2)cc(C(F)(F)F)c1. The van der Waals surface area contributed by atoms with Gasteiger partial charge in [-0.05, 0) is 49.7 Å². The van der Waals surface area contributed by atoms with Crippen LogP contribution < -0.4 is 11.1 Å². The zero-order chi connectivity index (χ0) is 15.3. The van der Waals surface area contributed by atoms with E-state index in [2.05, 4.69) is 10.2 Å². The van der Waals surface area contributed by atoms with Crippen LogP contribution in [0.1, 0.15) is 30.4 Å². The summed E-state index contributed by atoms with van der Waals surface area (Å²) in [5.74, 6) is 0. The highest BCUT2D eigenvalue weighted by atomic mass is 19.4. The van der Waals surface area contributed by atoms with E-state index in [9.17, 15) is 13.2 Å². The maximum atomic E-state index is 12.7. The molecule has 0 atom stereocenters. The lowest BCUT2D eigenvalue weighted by Gasteiger charge is -2.26. The monoisotopic (exact) mass is 301 g/mol. The Morgan fingerprint density at radius 3 is 2.48 bits per heavy atom. The van der Waals surface area contributed by atoms with Crippen LogP contribution in [0.3, 0.4) is 0 Å². The van der Waals surface area contributed by atoms with Crippen LogP contribution in [0.4, 0.5) is 18.9 Å². The first-order valence-corrected chi connectivity index (χ1v) is 7.35. The first-order valence-electron chi connectivity index (χ1n) is 7.35. The molecule has 0 unspecified atom stereocenters. The number of piperidine rings is 1. The van der Waals surface area contributed by atoms with Gasteiger partial charge in [0.2, 0.25) is 0 Å². The molecule has 1 heterocycles. The molecule has 0 aromatic heterocycles. The van der Waals surface area contributed by atoms with E-state index in [4.69, 9.17) is 5.73 Å². The molecule has 1 aromatic carbocycles. The maximum Gasteiger partial charge on any atom is 0.416 e. The standard InChI is InChI=1S/C15H22F3N3/c16-15(17,18)13-8-12(9-14(19)10-13)11-20-4-7-21-5-2-1-3-6-21/h8-10,20H,1-7,11,19H2. The molecule has 0 bridgehead atoms. The molecule has 3 N–H and O–H groups in total. The Morgan fingerprint density at radius 1 is 1.10 bits per heavy atom. The first-order chi connectivity index (χ1) is 9.95. The lowest BCUT2D eigenvalue weighted by Crippen LogP contribution is -2.35. The van der Waals surface area contributed by atoms with Crippen LogP contribution in [-0.4, -0.2) is 31.1 Å². The normalized spacial score (nSPS) is 17.1. The van der Waals surface area contributed by atoms with Gasteiger partial charge < -0.3 is 16.0 Å². The number of halogens is 3. The molecule has 0 amide bonds. The van der Waals surface area contributed by atoms with Crippen molar-refractivity contribution in [1.82, 2.24) is 10.2 Å². The fraction of sp³-hybridized carbons (Fsp3) is 0.600. The highest BCUT2D eigenvalue weighted by molar-refractivity contribution is 5.45. The molecule has 6 heteroatoms. The molecule has 0 spiro atoms. The number of nitrogens with two attached hydrogens (primary N) is 1. The number of nitrogens with one attached hydrogen (secondary N) is 1. The summed E-state index contributed by atoms with van der Waals surface area (Å²) in [6, 6.07) is 3.71. The van der Waals surface area contributed by atoms with E-state index in [0.29, 0.717) is 12.1 Å². The molecule has 2 rings (SSSR count). The van der Waals surface area contributed by atoms with Gasteiger partial charge in [0.15, 0.2) is 0 Å². The number of likely N-dealkylation sites (tertiary alicyclic amines) is 1. The summed E-state index contributed by atoms with van der Waals surface area (Å²) in [7, 11) is 0. The average Bonchev–Trinajstić information content (AvgIpc) is 2.43. The Morgan fingerprint density at radius 2 is 1.81 bits per heavy atom. The smallest absolute Gasteiger partial charge is 0.399 e. The molecular weight excluding hydrogens is 279 g/mol. The number of rotatable bonds is 5. The van der Waals surface area contributed by atoms with Crippen molar-refractivity contribution in [2.45, 2.75) is 32.0 Å². The summed E-state index contributed by atoms with van der Waals surface area (Å²) in [5, 5.41) is 3.19. The summed E-state index contributed by atoms with van der Waals surface area (Å²) in [6.45, 7) is 4.36. The Balaban J connectivity index is 1.81. The zero-order valence-electron chi connectivity index (χ0n) is 12.0. The molecule has 0 aliphatic carbocycles. The summed E-state index contributed by atoms with van der Waals surface area (Å²) >= 11 is 0. The second kappa shape index (κ2) is 7.13. The fourth-order valence-corrected chi connectivity index (χ4v) is 2.64. The molecule has 1 aromatic rings. The largest absolute Gasteiger partial charge is 0.416 e. The Hall–Kier alpha value is -1.27. The van der Waals surface area contributed by atoms with Crippen molar-refractivity contribution in [3.63, 3.8) is 0 Å². The molecule has 0 radical (unpaired) electrons. The Kier molecular flexibility index (Phi) is 5.47. The minimum atomic E-state index is -4.35. The van der Waals surface area contributed by atoms with E-state index in [1.54, 1.807) is 6.07 Å². The maximum absolute atomic E-state index is 12.7. The highest BCUT2D eigenvalue weighted by Crippen LogP contribution is 2.31.